The summed E-state index contributed by atoms with van der Waals surface area (Å²) in [6.07, 6.45) is -0.0652. The summed E-state index contributed by atoms with van der Waals surface area (Å²) < 4.78 is 91.4. The van der Waals surface area contributed by atoms with Gasteiger partial charge in [0.1, 0.15) is 31.0 Å². The van der Waals surface area contributed by atoms with E-state index in [4.69, 9.17) is 71.1 Å². The summed E-state index contributed by atoms with van der Waals surface area (Å²) in [5, 5.41) is 5.59. The summed E-state index contributed by atoms with van der Waals surface area (Å²) in [6, 6.07) is 26.9. The number of carbonyl (C=O) groups is 6. The zero-order valence-corrected chi connectivity index (χ0v) is 65.4. The number of hydrogen-bond donors (Lipinski definition) is 2. The molecule has 0 bridgehead atoms. The average Bonchev–Trinajstić information content (AvgIpc) is 1.48. The highest BCUT2D eigenvalue weighted by Crippen LogP contribution is 2.48. The van der Waals surface area contributed by atoms with Crippen LogP contribution >= 0.6 is 0 Å². The molecule has 6 aliphatic heterocycles. The number of alkyl carbamates (subject to hydrolysis) is 1. The first-order valence-corrected chi connectivity index (χ1v) is 38.5. The molecule has 0 aromatic heterocycles. The summed E-state index contributed by atoms with van der Waals surface area (Å²) in [6.45, 7) is 23.1. The number of ether oxygens (including phenoxy) is 15. The number of nitrogens with one attached hydrogen (secondary N) is 2. The van der Waals surface area contributed by atoms with Gasteiger partial charge in [-0.05, 0) is 157 Å². The molecule has 2 unspecified atom stereocenters. The zero-order chi connectivity index (χ0) is 79.1. The van der Waals surface area contributed by atoms with Crippen molar-refractivity contribution in [2.45, 2.75) is 167 Å². The van der Waals surface area contributed by atoms with E-state index in [0.717, 1.165) is 48.0 Å². The number of benzene rings is 5. The minimum atomic E-state index is -1.06. The molecular formula is C85H104N6O21. The largest absolute Gasteiger partial charge is 0.493 e. The van der Waals surface area contributed by atoms with Gasteiger partial charge < -0.3 is 91.5 Å². The number of amides is 6. The second-order valence-electron chi connectivity index (χ2n) is 30.4. The molecule has 0 spiro atoms. The van der Waals surface area contributed by atoms with Gasteiger partial charge in [-0.15, -0.1) is 0 Å². The number of hydrogen-bond acceptors (Lipinski definition) is 21. The highest BCUT2D eigenvalue weighted by atomic mass is 16.7. The van der Waals surface area contributed by atoms with Crippen LogP contribution in [0.1, 0.15) is 154 Å². The maximum absolute atomic E-state index is 14.9. The first-order valence-electron chi connectivity index (χ1n) is 38.5. The fourth-order valence-electron chi connectivity index (χ4n) is 14.7. The first-order chi connectivity index (χ1) is 54.0. The summed E-state index contributed by atoms with van der Waals surface area (Å²) in [5.41, 5.74) is 6.70. The third-order valence-corrected chi connectivity index (χ3v) is 19.8. The standard InChI is InChI=1S/C85H104N6O21/c1-54-40-68-79(109-75-25-15-17-30-104-75)90(82(96)111-84(3,4)5)66-47-72(70(98-9)45-63(66)77(93)88(68)49-54)106-51-57-42-56(20-19-28-86-74(92)27-32-100-34-36-102-38-39-103-37-35-101-33-29-87-81(95)108-53-65-61-23-13-11-21-59(61)60-22-12-14-24-62(60)65)43-58(44-57)52-107-73-48-67-64(46-71(73)99-10)78(94)89-50-55(2)41-69(89)80(110-76-26-16-18-31-105-76)91(67)83(97)112-85(6,7)8/h11-14,21-24,42-48,65,68-69,75-76,79-80H,1-2,15-18,25-41,49-53H2,3-10H3,(H,86,92)(H,87,95)/t68-,69-,75?,76?,79-,80-/m0/s1. The Morgan fingerprint density at radius 1 is 0.554 bits per heavy atom. The van der Waals surface area contributed by atoms with Gasteiger partial charge in [0, 0.05) is 62.9 Å². The zero-order valence-electron chi connectivity index (χ0n) is 65.4. The SMILES string of the molecule is C=C1C[C@H]2[C@H](OC3CCCCO3)N(C(=O)OC(C)(C)C)c3cc(OCc4cc(C#CCNC(=O)CCOCCOCCOCCOCCNC(=O)OCC5c6ccccc6-c6ccccc65)cc(COc5cc6c(cc5OC)C(=O)N5CC(=C)C[C@H]5[C@H](OC5CCCCO5)N6C(=O)OC(C)(C)C)c4)c(OC)cc3C(=O)N2C1. The van der Waals surface area contributed by atoms with Gasteiger partial charge in [-0.1, -0.05) is 84.7 Å². The summed E-state index contributed by atoms with van der Waals surface area (Å²) in [7, 11) is 2.92. The maximum atomic E-state index is 14.9. The quantitative estimate of drug-likeness (QED) is 0.0187. The van der Waals surface area contributed by atoms with Crippen LogP contribution in [0.15, 0.2) is 115 Å². The van der Waals surface area contributed by atoms with Crippen molar-refractivity contribution in [1.82, 2.24) is 20.4 Å². The molecular weight excluding hydrogens is 1440 g/mol. The molecule has 27 heteroatoms. The Bertz CT molecular complexity index is 4060. The smallest absolute Gasteiger partial charge is 0.417 e. The van der Waals surface area contributed by atoms with Gasteiger partial charge >= 0.3 is 18.3 Å². The molecule has 27 nitrogen and oxygen atoms in total. The van der Waals surface area contributed by atoms with Crippen LogP contribution in [0.4, 0.5) is 25.8 Å². The highest BCUT2D eigenvalue weighted by molar-refractivity contribution is 6.07. The van der Waals surface area contributed by atoms with Crippen molar-refractivity contribution in [2.24, 2.45) is 0 Å². The predicted molar refractivity (Wildman–Crippen MR) is 413 cm³/mol. The minimum Gasteiger partial charge on any atom is -0.493 e. The Hall–Kier alpha value is -9.76. The van der Waals surface area contributed by atoms with Crippen molar-refractivity contribution in [1.29, 1.82) is 0 Å². The van der Waals surface area contributed by atoms with Crippen LogP contribution in [0.5, 0.6) is 23.0 Å². The van der Waals surface area contributed by atoms with Gasteiger partial charge in [0.05, 0.1) is 108 Å². The normalized spacial score (nSPS) is 20.0. The third-order valence-electron chi connectivity index (χ3n) is 19.8. The molecule has 4 saturated heterocycles. The van der Waals surface area contributed by atoms with Crippen LogP contribution in [-0.4, -0.2) is 207 Å². The lowest BCUT2D eigenvalue weighted by molar-refractivity contribution is -0.196. The number of rotatable bonds is 30. The van der Waals surface area contributed by atoms with Gasteiger partial charge in [-0.2, -0.15) is 0 Å². The Labute approximate surface area is 654 Å². The first kappa shape index (κ1) is 81.7. The molecule has 7 aliphatic rings. The molecule has 112 heavy (non-hydrogen) atoms. The Balaban J connectivity index is 0.697. The maximum Gasteiger partial charge on any atom is 0.417 e. The molecule has 2 N–H and O–H groups in total. The number of methoxy groups -OCH3 is 2. The van der Waals surface area contributed by atoms with E-state index in [1.54, 1.807) is 75.6 Å². The van der Waals surface area contributed by atoms with Crippen molar-refractivity contribution in [3.8, 4) is 46.0 Å². The summed E-state index contributed by atoms with van der Waals surface area (Å²) in [4.78, 5) is 91.1. The van der Waals surface area contributed by atoms with Crippen molar-refractivity contribution < 1.29 is 99.8 Å². The molecule has 6 amide bonds. The Morgan fingerprint density at radius 2 is 1.02 bits per heavy atom. The molecule has 0 radical (unpaired) electrons. The number of nitrogens with zero attached hydrogens (tertiary/aromatic N) is 4. The van der Waals surface area contributed by atoms with Crippen molar-refractivity contribution in [3.05, 3.63) is 154 Å². The third kappa shape index (κ3) is 20.7. The second kappa shape index (κ2) is 37.7. The van der Waals surface area contributed by atoms with Gasteiger partial charge in [0.25, 0.3) is 11.8 Å². The van der Waals surface area contributed by atoms with Crippen LogP contribution in [0, 0.1) is 11.8 Å². The molecule has 600 valence electrons. The van der Waals surface area contributed by atoms with Crippen LogP contribution in [0.25, 0.3) is 11.1 Å². The van der Waals surface area contributed by atoms with Gasteiger partial charge in [0.15, 0.2) is 48.0 Å². The molecule has 5 aromatic rings. The van der Waals surface area contributed by atoms with Gasteiger partial charge in [-0.25, -0.2) is 24.2 Å². The number of fused-ring (bicyclic) bond motifs is 7. The Kier molecular flexibility index (Phi) is 27.5. The molecule has 12 rings (SSSR count). The lowest BCUT2D eigenvalue weighted by Gasteiger charge is -2.39. The fourth-order valence-corrected chi connectivity index (χ4v) is 14.7. The monoisotopic (exact) mass is 1540 g/mol. The van der Waals surface area contributed by atoms with E-state index in [2.05, 4.69) is 59.9 Å². The van der Waals surface area contributed by atoms with Crippen molar-refractivity contribution in [2.75, 3.05) is 123 Å². The van der Waals surface area contributed by atoms with E-state index in [-0.39, 0.29) is 135 Å². The van der Waals surface area contributed by atoms with Crippen molar-refractivity contribution >= 4 is 47.4 Å². The number of anilines is 2. The molecule has 6 heterocycles. The molecule has 0 saturated carbocycles. The fraction of sp³-hybridized carbons (Fsp3) is 0.506. The lowest BCUT2D eigenvalue weighted by atomic mass is 9.98. The molecule has 6 atom stereocenters. The van der Waals surface area contributed by atoms with E-state index >= 15 is 0 Å². The molecule has 1 aliphatic carbocycles. The van der Waals surface area contributed by atoms with Crippen LogP contribution in [-0.2, 0) is 70.1 Å². The summed E-state index contributed by atoms with van der Waals surface area (Å²) in [5.74, 6) is 5.99. The van der Waals surface area contributed by atoms with E-state index in [0.29, 0.717) is 95.2 Å². The molecule has 4 fully saturated rings. The molecule has 5 aromatic carbocycles. The van der Waals surface area contributed by atoms with E-state index < -0.39 is 66.6 Å². The second-order valence-corrected chi connectivity index (χ2v) is 30.4. The van der Waals surface area contributed by atoms with Crippen LogP contribution in [0.3, 0.4) is 0 Å². The van der Waals surface area contributed by atoms with E-state index in [1.807, 2.05) is 42.5 Å². The topological polar surface area (TPSA) is 278 Å². The average molecular weight is 1550 g/mol. The van der Waals surface area contributed by atoms with Crippen molar-refractivity contribution in [3.63, 3.8) is 0 Å². The van der Waals surface area contributed by atoms with Crippen LogP contribution in [0.2, 0.25) is 0 Å². The van der Waals surface area contributed by atoms with Crippen LogP contribution < -0.4 is 39.4 Å². The summed E-state index contributed by atoms with van der Waals surface area (Å²) >= 11 is 0. The lowest BCUT2D eigenvalue weighted by Crippen LogP contribution is -2.54. The van der Waals surface area contributed by atoms with E-state index in [9.17, 15) is 28.8 Å². The predicted octanol–water partition coefficient (Wildman–Crippen LogP) is 12.1. The van der Waals surface area contributed by atoms with E-state index in [1.165, 1.54) is 35.1 Å². The highest BCUT2D eigenvalue weighted by Gasteiger charge is 2.51. The number of carbonyl (C=O) groups excluding carboxylic acids is 6. The van der Waals surface area contributed by atoms with Gasteiger partial charge in [-0.3, -0.25) is 14.4 Å². The van der Waals surface area contributed by atoms with Gasteiger partial charge in [0.2, 0.25) is 5.91 Å². The minimum absolute atomic E-state index is 0.00985. The Morgan fingerprint density at radius 3 is 1.47 bits per heavy atom.